The van der Waals surface area contributed by atoms with Gasteiger partial charge in [0.2, 0.25) is 0 Å². The fourth-order valence-corrected chi connectivity index (χ4v) is 4.62. The first-order chi connectivity index (χ1) is 14.5. The molecule has 0 aliphatic rings. The van der Waals surface area contributed by atoms with Crippen molar-refractivity contribution in [1.29, 1.82) is 0 Å². The van der Waals surface area contributed by atoms with E-state index in [1.807, 2.05) is 12.1 Å². The van der Waals surface area contributed by atoms with Crippen LogP contribution in [0, 0.1) is 6.92 Å². The summed E-state index contributed by atoms with van der Waals surface area (Å²) in [5.74, 6) is 0.473. The lowest BCUT2D eigenvalue weighted by Gasteiger charge is -2.11. The van der Waals surface area contributed by atoms with E-state index in [0.717, 1.165) is 40.2 Å². The van der Waals surface area contributed by atoms with Crippen LogP contribution in [0.2, 0.25) is 5.02 Å². The standard InChI is InChI=1S/C21H19ClN4O3S/c1-12-8-13-16(4-3-5-17(13)29-2)26(12)7-6-23-19-10-15(24-11-25-19)18-9-14(22)20(30-18)21(27)28/h3-5,8-11H,6-7H2,1-2H3,(H,27,28)(H,23,24,25). The number of benzene rings is 1. The van der Waals surface area contributed by atoms with E-state index in [2.05, 4.69) is 38.9 Å². The number of aryl methyl sites for hydroxylation is 1. The van der Waals surface area contributed by atoms with Gasteiger partial charge in [-0.05, 0) is 31.2 Å². The van der Waals surface area contributed by atoms with E-state index < -0.39 is 5.97 Å². The van der Waals surface area contributed by atoms with E-state index in [4.69, 9.17) is 16.3 Å². The number of carbonyl (C=O) groups is 1. The van der Waals surface area contributed by atoms with Crippen molar-refractivity contribution in [3.8, 4) is 16.3 Å². The number of ether oxygens (including phenoxy) is 1. The van der Waals surface area contributed by atoms with Crippen LogP contribution >= 0.6 is 22.9 Å². The monoisotopic (exact) mass is 442 g/mol. The number of rotatable bonds is 7. The van der Waals surface area contributed by atoms with Gasteiger partial charge in [0.1, 0.15) is 22.8 Å². The summed E-state index contributed by atoms with van der Waals surface area (Å²) in [5.41, 5.74) is 2.89. The molecule has 4 rings (SSSR count). The van der Waals surface area contributed by atoms with Crippen LogP contribution < -0.4 is 10.1 Å². The quantitative estimate of drug-likeness (QED) is 0.421. The Kier molecular flexibility index (Phi) is 5.61. The highest BCUT2D eigenvalue weighted by Crippen LogP contribution is 2.34. The molecule has 3 heterocycles. The number of halogens is 1. The van der Waals surface area contributed by atoms with Crippen LogP contribution in [0.4, 0.5) is 5.82 Å². The number of carboxylic acids is 1. The number of aromatic nitrogens is 3. The van der Waals surface area contributed by atoms with Gasteiger partial charge >= 0.3 is 5.97 Å². The predicted molar refractivity (Wildman–Crippen MR) is 119 cm³/mol. The number of hydrogen-bond donors (Lipinski definition) is 2. The van der Waals surface area contributed by atoms with Gasteiger partial charge in [-0.15, -0.1) is 11.3 Å². The average Bonchev–Trinajstić information content (AvgIpc) is 3.28. The van der Waals surface area contributed by atoms with E-state index in [0.29, 0.717) is 22.9 Å². The molecule has 3 aromatic heterocycles. The van der Waals surface area contributed by atoms with Crippen molar-refractivity contribution in [1.82, 2.24) is 14.5 Å². The third-order valence-corrected chi connectivity index (χ3v) is 6.33. The van der Waals surface area contributed by atoms with E-state index in [-0.39, 0.29) is 9.90 Å². The number of methoxy groups -OCH3 is 1. The van der Waals surface area contributed by atoms with Crippen LogP contribution in [-0.4, -0.2) is 39.3 Å². The topological polar surface area (TPSA) is 89.3 Å². The molecule has 2 N–H and O–H groups in total. The van der Waals surface area contributed by atoms with Gasteiger partial charge in [-0.1, -0.05) is 17.7 Å². The Bertz CT molecular complexity index is 1230. The summed E-state index contributed by atoms with van der Waals surface area (Å²) in [6, 6.07) is 11.5. The summed E-state index contributed by atoms with van der Waals surface area (Å²) in [6.07, 6.45) is 1.45. The molecule has 30 heavy (non-hydrogen) atoms. The molecule has 1 aromatic carbocycles. The highest BCUT2D eigenvalue weighted by Gasteiger charge is 2.16. The smallest absolute Gasteiger partial charge is 0.347 e. The highest BCUT2D eigenvalue weighted by atomic mass is 35.5. The zero-order chi connectivity index (χ0) is 21.3. The maximum Gasteiger partial charge on any atom is 0.347 e. The molecule has 0 saturated heterocycles. The molecule has 4 aromatic rings. The number of carboxylic acid groups (broad SMARTS) is 1. The fraction of sp³-hybridized carbons (Fsp3) is 0.190. The van der Waals surface area contributed by atoms with Gasteiger partial charge < -0.3 is 19.7 Å². The van der Waals surface area contributed by atoms with Gasteiger partial charge in [-0.2, -0.15) is 0 Å². The zero-order valence-corrected chi connectivity index (χ0v) is 17.9. The van der Waals surface area contributed by atoms with Gasteiger partial charge in [0.15, 0.2) is 0 Å². The van der Waals surface area contributed by atoms with Crippen molar-refractivity contribution < 1.29 is 14.6 Å². The summed E-state index contributed by atoms with van der Waals surface area (Å²) in [7, 11) is 1.68. The van der Waals surface area contributed by atoms with Crippen molar-refractivity contribution in [3.63, 3.8) is 0 Å². The van der Waals surface area contributed by atoms with Crippen molar-refractivity contribution >= 4 is 45.6 Å². The maximum atomic E-state index is 11.2. The first kappa shape index (κ1) is 20.2. The van der Waals surface area contributed by atoms with Crippen LogP contribution in [0.15, 0.2) is 42.7 Å². The molecule has 0 fully saturated rings. The number of nitrogens with zero attached hydrogens (tertiary/aromatic N) is 3. The molecule has 0 unspecified atom stereocenters. The fourth-order valence-electron chi connectivity index (χ4n) is 3.39. The number of anilines is 1. The Morgan fingerprint density at radius 2 is 2.13 bits per heavy atom. The lowest BCUT2D eigenvalue weighted by atomic mass is 10.2. The van der Waals surface area contributed by atoms with Gasteiger partial charge in [0.25, 0.3) is 0 Å². The number of thiophene rings is 1. The van der Waals surface area contributed by atoms with Crippen molar-refractivity contribution in [2.75, 3.05) is 19.0 Å². The third-order valence-electron chi connectivity index (χ3n) is 4.77. The van der Waals surface area contributed by atoms with Crippen molar-refractivity contribution in [2.45, 2.75) is 13.5 Å². The first-order valence-electron chi connectivity index (χ1n) is 9.19. The number of nitrogens with one attached hydrogen (secondary N) is 1. The summed E-state index contributed by atoms with van der Waals surface area (Å²) >= 11 is 7.11. The van der Waals surface area contributed by atoms with E-state index in [1.165, 1.54) is 6.33 Å². The minimum Gasteiger partial charge on any atom is -0.496 e. The molecule has 7 nitrogen and oxygen atoms in total. The lowest BCUT2D eigenvalue weighted by molar-refractivity contribution is 0.0702. The first-order valence-corrected chi connectivity index (χ1v) is 10.4. The average molecular weight is 443 g/mol. The Morgan fingerprint density at radius 1 is 1.30 bits per heavy atom. The molecule has 154 valence electrons. The van der Waals surface area contributed by atoms with E-state index in [1.54, 1.807) is 19.2 Å². The van der Waals surface area contributed by atoms with Gasteiger partial charge in [-0.3, -0.25) is 0 Å². The maximum absolute atomic E-state index is 11.2. The Balaban J connectivity index is 1.50. The summed E-state index contributed by atoms with van der Waals surface area (Å²) in [6.45, 7) is 3.47. The van der Waals surface area contributed by atoms with Crippen molar-refractivity contribution in [2.24, 2.45) is 0 Å². The van der Waals surface area contributed by atoms with E-state index in [9.17, 15) is 9.90 Å². The zero-order valence-electron chi connectivity index (χ0n) is 16.3. The Morgan fingerprint density at radius 3 is 2.87 bits per heavy atom. The molecule has 0 aliphatic heterocycles. The van der Waals surface area contributed by atoms with Crippen LogP contribution in [0.25, 0.3) is 21.5 Å². The third kappa shape index (κ3) is 3.83. The lowest BCUT2D eigenvalue weighted by Crippen LogP contribution is -2.12. The van der Waals surface area contributed by atoms with Crippen LogP contribution in [0.5, 0.6) is 5.75 Å². The minimum absolute atomic E-state index is 0.102. The molecule has 0 amide bonds. The normalized spacial score (nSPS) is 11.0. The molecule has 0 spiro atoms. The molecule has 0 radical (unpaired) electrons. The van der Waals surface area contributed by atoms with Gasteiger partial charge in [-0.25, -0.2) is 14.8 Å². The van der Waals surface area contributed by atoms with Crippen LogP contribution in [0.3, 0.4) is 0 Å². The summed E-state index contributed by atoms with van der Waals surface area (Å²) in [4.78, 5) is 20.5. The Labute approximate surface area is 181 Å². The van der Waals surface area contributed by atoms with E-state index >= 15 is 0 Å². The summed E-state index contributed by atoms with van der Waals surface area (Å²) in [5, 5.41) is 13.8. The molecule has 0 bridgehead atoms. The highest BCUT2D eigenvalue weighted by molar-refractivity contribution is 7.17. The molecule has 0 saturated carbocycles. The number of aromatic carboxylic acids is 1. The van der Waals surface area contributed by atoms with Crippen LogP contribution in [0.1, 0.15) is 15.4 Å². The van der Waals surface area contributed by atoms with Gasteiger partial charge in [0, 0.05) is 30.2 Å². The molecular weight excluding hydrogens is 424 g/mol. The number of fused-ring (bicyclic) bond motifs is 1. The van der Waals surface area contributed by atoms with Crippen molar-refractivity contribution in [3.05, 3.63) is 58.3 Å². The summed E-state index contributed by atoms with van der Waals surface area (Å²) < 4.78 is 7.69. The second kappa shape index (κ2) is 8.33. The second-order valence-corrected chi connectivity index (χ2v) is 8.10. The second-order valence-electron chi connectivity index (χ2n) is 6.64. The predicted octanol–water partition coefficient (Wildman–Crippen LogP) is 4.94. The number of hydrogen-bond acceptors (Lipinski definition) is 6. The molecular formula is C21H19ClN4O3S. The molecule has 9 heteroatoms. The Hall–Kier alpha value is -3.10. The largest absolute Gasteiger partial charge is 0.496 e. The SMILES string of the molecule is COc1cccc2c1cc(C)n2CCNc1cc(-c2cc(Cl)c(C(=O)O)s2)ncn1. The molecule has 0 atom stereocenters. The van der Waals surface area contributed by atoms with Gasteiger partial charge in [0.05, 0.1) is 28.2 Å². The minimum atomic E-state index is -1.05. The molecule has 0 aliphatic carbocycles. The van der Waals surface area contributed by atoms with Crippen LogP contribution in [-0.2, 0) is 6.54 Å².